The second kappa shape index (κ2) is 6.02. The van der Waals surface area contributed by atoms with Gasteiger partial charge in [-0.1, -0.05) is 31.5 Å². The minimum Gasteiger partial charge on any atom is -0.305 e. The maximum absolute atomic E-state index is 12.4. The lowest BCUT2D eigenvalue weighted by Gasteiger charge is -2.08. The summed E-state index contributed by atoms with van der Waals surface area (Å²) < 4.78 is 0. The molecule has 22 heavy (non-hydrogen) atoms. The average Bonchev–Trinajstić information content (AvgIpc) is 2.97. The van der Waals surface area contributed by atoms with Crippen molar-refractivity contribution in [2.24, 2.45) is 0 Å². The molecule has 4 nitrogen and oxygen atoms in total. The van der Waals surface area contributed by atoms with E-state index in [0.29, 0.717) is 32.7 Å². The van der Waals surface area contributed by atoms with Crippen molar-refractivity contribution >= 4 is 45.7 Å². The molecule has 0 saturated heterocycles. The van der Waals surface area contributed by atoms with Gasteiger partial charge in [-0.3, -0.25) is 4.79 Å². The monoisotopic (exact) mass is 331 g/mol. The minimum atomic E-state index is -0.158. The molecule has 0 saturated carbocycles. The average molecular weight is 332 g/mol. The van der Waals surface area contributed by atoms with E-state index in [9.17, 15) is 4.79 Å². The standard InChI is InChI=1S/C16H14ClN3OS/c1-9(2)10-6-7-22-15(10)16(21)20-13-8-18-14-11(17)4-3-5-12(14)19-13/h3-9H,1-2H3,(H,19,20,21). The fourth-order valence-electron chi connectivity index (χ4n) is 2.20. The van der Waals surface area contributed by atoms with Crippen LogP contribution in [0.2, 0.25) is 5.02 Å². The molecule has 2 heterocycles. The maximum Gasteiger partial charge on any atom is 0.267 e. The van der Waals surface area contributed by atoms with E-state index in [0.717, 1.165) is 5.56 Å². The van der Waals surface area contributed by atoms with E-state index < -0.39 is 0 Å². The number of thiophene rings is 1. The molecule has 3 rings (SSSR count). The Balaban J connectivity index is 1.89. The van der Waals surface area contributed by atoms with Gasteiger partial charge in [0.05, 0.1) is 21.6 Å². The van der Waals surface area contributed by atoms with Gasteiger partial charge in [0.1, 0.15) is 5.52 Å². The molecule has 0 bridgehead atoms. The molecular weight excluding hydrogens is 318 g/mol. The summed E-state index contributed by atoms with van der Waals surface area (Å²) in [6.07, 6.45) is 1.52. The van der Waals surface area contributed by atoms with Gasteiger partial charge < -0.3 is 5.32 Å². The van der Waals surface area contributed by atoms with Crippen LogP contribution in [0.5, 0.6) is 0 Å². The van der Waals surface area contributed by atoms with Gasteiger partial charge in [0.15, 0.2) is 5.82 Å². The quantitative estimate of drug-likeness (QED) is 0.755. The fourth-order valence-corrected chi connectivity index (χ4v) is 3.36. The van der Waals surface area contributed by atoms with E-state index in [2.05, 4.69) is 29.1 Å². The first-order valence-corrected chi connectivity index (χ1v) is 8.12. The summed E-state index contributed by atoms with van der Waals surface area (Å²) in [6.45, 7) is 4.13. The molecule has 0 spiro atoms. The summed E-state index contributed by atoms with van der Waals surface area (Å²) in [5.74, 6) is 0.561. The van der Waals surface area contributed by atoms with Gasteiger partial charge in [-0.2, -0.15) is 0 Å². The van der Waals surface area contributed by atoms with Crippen molar-refractivity contribution in [3.05, 3.63) is 51.3 Å². The number of nitrogens with one attached hydrogen (secondary N) is 1. The smallest absolute Gasteiger partial charge is 0.267 e. The zero-order valence-electron chi connectivity index (χ0n) is 12.1. The zero-order valence-corrected chi connectivity index (χ0v) is 13.7. The van der Waals surface area contributed by atoms with Crippen molar-refractivity contribution in [2.75, 3.05) is 5.32 Å². The Morgan fingerprint density at radius 3 is 2.91 bits per heavy atom. The number of fused-ring (bicyclic) bond motifs is 1. The topological polar surface area (TPSA) is 54.9 Å². The van der Waals surface area contributed by atoms with Crippen LogP contribution >= 0.6 is 22.9 Å². The Morgan fingerprint density at radius 2 is 2.14 bits per heavy atom. The number of carbonyl (C=O) groups excluding carboxylic acids is 1. The van der Waals surface area contributed by atoms with Crippen LogP contribution in [-0.2, 0) is 0 Å². The van der Waals surface area contributed by atoms with Gasteiger partial charge >= 0.3 is 0 Å². The second-order valence-corrected chi connectivity index (χ2v) is 6.50. The van der Waals surface area contributed by atoms with E-state index in [4.69, 9.17) is 11.6 Å². The minimum absolute atomic E-state index is 0.158. The van der Waals surface area contributed by atoms with Crippen molar-refractivity contribution in [1.29, 1.82) is 0 Å². The van der Waals surface area contributed by atoms with Crippen molar-refractivity contribution in [2.45, 2.75) is 19.8 Å². The molecule has 0 aliphatic heterocycles. The highest BCUT2D eigenvalue weighted by molar-refractivity contribution is 7.12. The molecule has 0 fully saturated rings. The van der Waals surface area contributed by atoms with E-state index in [-0.39, 0.29) is 5.91 Å². The van der Waals surface area contributed by atoms with Crippen molar-refractivity contribution in [3.8, 4) is 0 Å². The lowest BCUT2D eigenvalue weighted by atomic mass is 10.0. The number of carbonyl (C=O) groups is 1. The summed E-state index contributed by atoms with van der Waals surface area (Å²) in [7, 11) is 0. The zero-order chi connectivity index (χ0) is 15.7. The molecule has 6 heteroatoms. The molecule has 0 atom stereocenters. The van der Waals surface area contributed by atoms with Crippen LogP contribution in [0.15, 0.2) is 35.8 Å². The largest absolute Gasteiger partial charge is 0.305 e. The number of halogens is 1. The SMILES string of the molecule is CC(C)c1ccsc1C(=O)Nc1cnc2c(Cl)cccc2n1. The van der Waals surface area contributed by atoms with Crippen LogP contribution in [0.4, 0.5) is 5.82 Å². The van der Waals surface area contributed by atoms with Gasteiger partial charge in [0.25, 0.3) is 5.91 Å². The normalized spacial score (nSPS) is 11.1. The van der Waals surface area contributed by atoms with E-state index in [1.54, 1.807) is 12.1 Å². The summed E-state index contributed by atoms with van der Waals surface area (Å²) in [6, 6.07) is 7.36. The Hall–Kier alpha value is -1.98. The van der Waals surface area contributed by atoms with Gasteiger partial charge in [-0.05, 0) is 35.1 Å². The van der Waals surface area contributed by atoms with E-state index in [1.807, 2.05) is 17.5 Å². The van der Waals surface area contributed by atoms with Gasteiger partial charge in [-0.15, -0.1) is 11.3 Å². The highest BCUT2D eigenvalue weighted by Gasteiger charge is 2.16. The fraction of sp³-hybridized carbons (Fsp3) is 0.188. The van der Waals surface area contributed by atoms with Crippen LogP contribution in [0.3, 0.4) is 0 Å². The van der Waals surface area contributed by atoms with Gasteiger partial charge in [0, 0.05) is 0 Å². The van der Waals surface area contributed by atoms with E-state index >= 15 is 0 Å². The lowest BCUT2D eigenvalue weighted by Crippen LogP contribution is -2.13. The number of nitrogens with zero attached hydrogens (tertiary/aromatic N) is 2. The van der Waals surface area contributed by atoms with Crippen molar-refractivity contribution < 1.29 is 4.79 Å². The Morgan fingerprint density at radius 1 is 1.32 bits per heavy atom. The highest BCUT2D eigenvalue weighted by Crippen LogP contribution is 2.26. The van der Waals surface area contributed by atoms with Crippen LogP contribution < -0.4 is 5.32 Å². The van der Waals surface area contributed by atoms with Crippen LogP contribution in [-0.4, -0.2) is 15.9 Å². The van der Waals surface area contributed by atoms with Crippen LogP contribution in [0.1, 0.15) is 35.0 Å². The molecule has 0 aliphatic carbocycles. The summed E-state index contributed by atoms with van der Waals surface area (Å²) in [5.41, 5.74) is 2.32. The Labute approximate surface area is 137 Å². The third kappa shape index (κ3) is 2.82. The number of benzene rings is 1. The van der Waals surface area contributed by atoms with Crippen LogP contribution in [0.25, 0.3) is 11.0 Å². The highest BCUT2D eigenvalue weighted by atomic mass is 35.5. The predicted octanol–water partition coefficient (Wildman–Crippen LogP) is 4.72. The maximum atomic E-state index is 12.4. The number of hydrogen-bond donors (Lipinski definition) is 1. The number of anilines is 1. The predicted molar refractivity (Wildman–Crippen MR) is 90.9 cm³/mol. The van der Waals surface area contributed by atoms with Crippen LogP contribution in [0, 0.1) is 0 Å². The Bertz CT molecular complexity index is 844. The number of para-hydroxylation sites is 1. The molecule has 1 aromatic carbocycles. The first kappa shape index (κ1) is 14.9. The van der Waals surface area contributed by atoms with E-state index in [1.165, 1.54) is 17.5 Å². The molecule has 0 radical (unpaired) electrons. The molecule has 1 N–H and O–H groups in total. The van der Waals surface area contributed by atoms with Crippen molar-refractivity contribution in [1.82, 2.24) is 9.97 Å². The van der Waals surface area contributed by atoms with Crippen molar-refractivity contribution in [3.63, 3.8) is 0 Å². The molecular formula is C16H14ClN3OS. The molecule has 1 amide bonds. The second-order valence-electron chi connectivity index (χ2n) is 5.18. The first-order chi connectivity index (χ1) is 10.6. The molecule has 0 aliphatic rings. The third-order valence-electron chi connectivity index (χ3n) is 3.29. The molecule has 0 unspecified atom stereocenters. The first-order valence-electron chi connectivity index (χ1n) is 6.86. The molecule has 112 valence electrons. The summed E-state index contributed by atoms with van der Waals surface area (Å²) in [5, 5.41) is 5.28. The Kier molecular flexibility index (Phi) is 4.09. The summed E-state index contributed by atoms with van der Waals surface area (Å²) >= 11 is 7.49. The number of hydrogen-bond acceptors (Lipinski definition) is 4. The number of aromatic nitrogens is 2. The molecule has 2 aromatic heterocycles. The number of rotatable bonds is 3. The number of amides is 1. The van der Waals surface area contributed by atoms with Gasteiger partial charge in [0.2, 0.25) is 0 Å². The summed E-state index contributed by atoms with van der Waals surface area (Å²) in [4.78, 5) is 21.8. The molecule has 3 aromatic rings. The lowest BCUT2D eigenvalue weighted by molar-refractivity contribution is 0.102. The van der Waals surface area contributed by atoms with Gasteiger partial charge in [-0.25, -0.2) is 9.97 Å². The third-order valence-corrected chi connectivity index (χ3v) is 4.52.